The molecule has 0 spiro atoms. The fourth-order valence-electron chi connectivity index (χ4n) is 0.460. The Labute approximate surface area is 57.7 Å². The lowest BCUT2D eigenvalue weighted by Crippen LogP contribution is -1.84. The molecule has 0 saturated heterocycles. The second-order valence-electron chi connectivity index (χ2n) is 2.00. The maximum Gasteiger partial charge on any atom is 0.0873 e. The average Bonchev–Trinajstić information content (AvgIpc) is 1.89. The van der Waals surface area contributed by atoms with Crippen molar-refractivity contribution in [1.82, 2.24) is 0 Å². The molecule has 0 amide bonds. The smallest absolute Gasteiger partial charge is 0.0873 e. The Balaban J connectivity index is 2.82. The quantitative estimate of drug-likeness (QED) is 0.408. The van der Waals surface area contributed by atoms with Crippen LogP contribution in [0.1, 0.15) is 33.1 Å². The van der Waals surface area contributed by atoms with Crippen LogP contribution in [0.4, 0.5) is 0 Å². The van der Waals surface area contributed by atoms with Gasteiger partial charge in [0.2, 0.25) is 0 Å². The van der Waals surface area contributed by atoms with E-state index in [1.165, 1.54) is 6.42 Å². The number of rotatable bonds is 5. The number of hydrogen-bond acceptors (Lipinski definition) is 1. The molecule has 1 nitrogen and oxygen atoms in total. The topological polar surface area (TPSA) is 9.23 Å². The SMILES string of the molecule is CC/C=C/OCCCC. The summed E-state index contributed by atoms with van der Waals surface area (Å²) in [5.41, 5.74) is 0. The molecule has 9 heavy (non-hydrogen) atoms. The molecule has 0 atom stereocenters. The summed E-state index contributed by atoms with van der Waals surface area (Å²) in [7, 11) is 0. The highest BCUT2D eigenvalue weighted by Crippen LogP contribution is 1.88. The van der Waals surface area contributed by atoms with Crippen LogP contribution in [0.15, 0.2) is 12.3 Å². The van der Waals surface area contributed by atoms with Crippen molar-refractivity contribution in [2.24, 2.45) is 0 Å². The lowest BCUT2D eigenvalue weighted by atomic mass is 10.4. The fraction of sp³-hybridized carbons (Fsp3) is 0.750. The van der Waals surface area contributed by atoms with Gasteiger partial charge in [-0.1, -0.05) is 26.3 Å². The first-order valence-electron chi connectivity index (χ1n) is 3.68. The van der Waals surface area contributed by atoms with Gasteiger partial charge in [-0.15, -0.1) is 0 Å². The van der Waals surface area contributed by atoms with E-state index in [-0.39, 0.29) is 0 Å². The molecule has 0 bridgehead atoms. The molecule has 0 radical (unpaired) electrons. The Morgan fingerprint density at radius 2 is 2.11 bits per heavy atom. The summed E-state index contributed by atoms with van der Waals surface area (Å²) in [6.45, 7) is 5.12. The molecule has 0 heterocycles. The summed E-state index contributed by atoms with van der Waals surface area (Å²) >= 11 is 0. The summed E-state index contributed by atoms with van der Waals surface area (Å²) in [4.78, 5) is 0. The van der Waals surface area contributed by atoms with Crippen LogP contribution in [0, 0.1) is 0 Å². The molecule has 54 valence electrons. The number of ether oxygens (including phenoxy) is 1. The van der Waals surface area contributed by atoms with Crippen LogP contribution in [-0.2, 0) is 4.74 Å². The molecule has 0 rings (SSSR count). The van der Waals surface area contributed by atoms with Gasteiger partial charge < -0.3 is 4.74 Å². The van der Waals surface area contributed by atoms with Crippen molar-refractivity contribution in [1.29, 1.82) is 0 Å². The first-order valence-corrected chi connectivity index (χ1v) is 3.68. The maximum atomic E-state index is 5.13. The number of hydrogen-bond donors (Lipinski definition) is 0. The lowest BCUT2D eigenvalue weighted by Gasteiger charge is -1.95. The van der Waals surface area contributed by atoms with Gasteiger partial charge in [-0.2, -0.15) is 0 Å². The van der Waals surface area contributed by atoms with Crippen LogP contribution in [0.2, 0.25) is 0 Å². The van der Waals surface area contributed by atoms with Gasteiger partial charge in [0.05, 0.1) is 12.9 Å². The van der Waals surface area contributed by atoms with Gasteiger partial charge >= 0.3 is 0 Å². The molecule has 0 aliphatic carbocycles. The average molecular weight is 128 g/mol. The third-order valence-corrected chi connectivity index (χ3v) is 1.04. The summed E-state index contributed by atoms with van der Waals surface area (Å²) < 4.78 is 5.13. The summed E-state index contributed by atoms with van der Waals surface area (Å²) in [6, 6.07) is 0. The molecule has 0 aliphatic heterocycles. The normalized spacial score (nSPS) is 10.4. The Bertz CT molecular complexity index is 67.0. The monoisotopic (exact) mass is 128 g/mol. The second kappa shape index (κ2) is 7.54. The lowest BCUT2D eigenvalue weighted by molar-refractivity contribution is 0.243. The molecule has 0 fully saturated rings. The summed E-state index contributed by atoms with van der Waals surface area (Å²) in [5.74, 6) is 0. The van der Waals surface area contributed by atoms with Crippen LogP contribution in [-0.4, -0.2) is 6.61 Å². The molecular formula is C8H16O. The van der Waals surface area contributed by atoms with Gasteiger partial charge in [-0.3, -0.25) is 0 Å². The van der Waals surface area contributed by atoms with Gasteiger partial charge in [0.1, 0.15) is 0 Å². The number of allylic oxidation sites excluding steroid dienone is 1. The van der Waals surface area contributed by atoms with Crippen molar-refractivity contribution in [3.63, 3.8) is 0 Å². The predicted octanol–water partition coefficient (Wildman–Crippen LogP) is 2.73. The maximum absolute atomic E-state index is 5.13. The van der Waals surface area contributed by atoms with Gasteiger partial charge in [-0.25, -0.2) is 0 Å². The summed E-state index contributed by atoms with van der Waals surface area (Å²) in [6.07, 6.45) is 7.24. The minimum Gasteiger partial charge on any atom is -0.502 e. The van der Waals surface area contributed by atoms with Crippen LogP contribution in [0.3, 0.4) is 0 Å². The molecule has 0 aromatic rings. The van der Waals surface area contributed by atoms with Crippen LogP contribution in [0.25, 0.3) is 0 Å². The van der Waals surface area contributed by atoms with Crippen LogP contribution >= 0.6 is 0 Å². The van der Waals surface area contributed by atoms with E-state index in [0.29, 0.717) is 0 Å². The molecule has 0 saturated carbocycles. The van der Waals surface area contributed by atoms with E-state index in [0.717, 1.165) is 19.4 Å². The third-order valence-electron chi connectivity index (χ3n) is 1.04. The highest BCUT2D eigenvalue weighted by atomic mass is 16.5. The van der Waals surface area contributed by atoms with E-state index < -0.39 is 0 Å². The van der Waals surface area contributed by atoms with Gasteiger partial charge in [-0.05, 0) is 12.8 Å². The van der Waals surface area contributed by atoms with E-state index in [1.54, 1.807) is 6.26 Å². The zero-order valence-electron chi connectivity index (χ0n) is 6.39. The molecule has 0 unspecified atom stereocenters. The van der Waals surface area contributed by atoms with Crippen molar-refractivity contribution in [3.05, 3.63) is 12.3 Å². The highest BCUT2D eigenvalue weighted by molar-refractivity contribution is 4.70. The van der Waals surface area contributed by atoms with Crippen molar-refractivity contribution in [2.45, 2.75) is 33.1 Å². The molecular weight excluding hydrogens is 112 g/mol. The van der Waals surface area contributed by atoms with Crippen molar-refractivity contribution < 1.29 is 4.74 Å². The first kappa shape index (κ1) is 8.54. The third kappa shape index (κ3) is 7.54. The van der Waals surface area contributed by atoms with E-state index in [9.17, 15) is 0 Å². The summed E-state index contributed by atoms with van der Waals surface area (Å²) in [5, 5.41) is 0. The van der Waals surface area contributed by atoms with Gasteiger partial charge in [0, 0.05) is 0 Å². The molecule has 1 heteroatoms. The Morgan fingerprint density at radius 3 is 2.67 bits per heavy atom. The Hall–Kier alpha value is -0.460. The van der Waals surface area contributed by atoms with Crippen LogP contribution < -0.4 is 0 Å². The Kier molecular flexibility index (Phi) is 7.15. The first-order chi connectivity index (χ1) is 4.41. The van der Waals surface area contributed by atoms with Crippen molar-refractivity contribution >= 4 is 0 Å². The van der Waals surface area contributed by atoms with Crippen molar-refractivity contribution in [2.75, 3.05) is 6.61 Å². The number of unbranched alkanes of at least 4 members (excludes halogenated alkanes) is 1. The van der Waals surface area contributed by atoms with E-state index in [2.05, 4.69) is 13.8 Å². The van der Waals surface area contributed by atoms with Gasteiger partial charge in [0.15, 0.2) is 0 Å². The zero-order chi connectivity index (χ0) is 6.95. The zero-order valence-corrected chi connectivity index (χ0v) is 6.39. The molecule has 0 aromatic carbocycles. The standard InChI is InChI=1S/C8H16O/c1-3-5-7-9-8-6-4-2/h5,7H,3-4,6,8H2,1-2H3/b7-5+. The molecule has 0 aromatic heterocycles. The molecule has 0 aliphatic rings. The minimum absolute atomic E-state index is 0.868. The van der Waals surface area contributed by atoms with E-state index in [1.807, 2.05) is 6.08 Å². The van der Waals surface area contributed by atoms with Crippen molar-refractivity contribution in [3.8, 4) is 0 Å². The van der Waals surface area contributed by atoms with Crippen LogP contribution in [0.5, 0.6) is 0 Å². The van der Waals surface area contributed by atoms with E-state index in [4.69, 9.17) is 4.74 Å². The second-order valence-corrected chi connectivity index (χ2v) is 2.00. The largest absolute Gasteiger partial charge is 0.502 e. The minimum atomic E-state index is 0.868. The van der Waals surface area contributed by atoms with Gasteiger partial charge in [0.25, 0.3) is 0 Å². The Morgan fingerprint density at radius 1 is 1.33 bits per heavy atom. The predicted molar refractivity (Wildman–Crippen MR) is 40.3 cm³/mol. The van der Waals surface area contributed by atoms with E-state index >= 15 is 0 Å². The highest BCUT2D eigenvalue weighted by Gasteiger charge is 1.78. The molecule has 0 N–H and O–H groups in total. The fourth-order valence-corrected chi connectivity index (χ4v) is 0.460.